The zero-order valence-electron chi connectivity index (χ0n) is 10.3. The van der Waals surface area contributed by atoms with E-state index in [1.807, 2.05) is 43.5 Å². The van der Waals surface area contributed by atoms with Crippen LogP contribution in [0.25, 0.3) is 16.6 Å². The molecule has 0 aliphatic heterocycles. The van der Waals surface area contributed by atoms with Gasteiger partial charge in [0.25, 0.3) is 0 Å². The van der Waals surface area contributed by atoms with Crippen molar-refractivity contribution in [2.45, 2.75) is 6.92 Å². The molecule has 0 aliphatic rings. The van der Waals surface area contributed by atoms with Gasteiger partial charge in [0, 0.05) is 16.6 Å². The van der Waals surface area contributed by atoms with E-state index in [4.69, 9.17) is 4.74 Å². The average molecular weight is 257 g/mol. The third kappa shape index (κ3) is 3.31. The first kappa shape index (κ1) is 12.6. The van der Waals surface area contributed by atoms with Crippen LogP contribution in [0.3, 0.4) is 0 Å². The Morgan fingerprint density at radius 2 is 2.17 bits per heavy atom. The SMILES string of the molecule is C=C(/C=C/c1cnc(-c2ccccc2)s1)OCC. The summed E-state index contributed by atoms with van der Waals surface area (Å²) in [4.78, 5) is 5.50. The third-order valence-electron chi connectivity index (χ3n) is 2.31. The van der Waals surface area contributed by atoms with Gasteiger partial charge in [0.1, 0.15) is 10.8 Å². The lowest BCUT2D eigenvalue weighted by atomic mass is 10.2. The summed E-state index contributed by atoms with van der Waals surface area (Å²) in [5, 5.41) is 1.03. The van der Waals surface area contributed by atoms with Crippen molar-refractivity contribution in [1.29, 1.82) is 0 Å². The molecule has 0 radical (unpaired) electrons. The van der Waals surface area contributed by atoms with Crippen molar-refractivity contribution in [2.75, 3.05) is 6.61 Å². The predicted octanol–water partition coefficient (Wildman–Crippen LogP) is 4.37. The largest absolute Gasteiger partial charge is 0.495 e. The molecule has 0 aliphatic carbocycles. The number of nitrogens with zero attached hydrogens (tertiary/aromatic N) is 1. The Bertz CT molecular complexity index is 543. The maximum absolute atomic E-state index is 5.26. The zero-order chi connectivity index (χ0) is 12.8. The number of hydrogen-bond acceptors (Lipinski definition) is 3. The highest BCUT2D eigenvalue weighted by Gasteiger charge is 2.01. The Labute approximate surface area is 111 Å². The number of thiazole rings is 1. The van der Waals surface area contributed by atoms with Crippen LogP contribution in [0.1, 0.15) is 11.8 Å². The molecule has 0 bridgehead atoms. The molecule has 1 aromatic heterocycles. The molecule has 2 nitrogen and oxygen atoms in total. The lowest BCUT2D eigenvalue weighted by molar-refractivity contribution is 0.244. The van der Waals surface area contributed by atoms with E-state index in [1.165, 1.54) is 0 Å². The van der Waals surface area contributed by atoms with Gasteiger partial charge in [0.2, 0.25) is 0 Å². The second-order valence-electron chi connectivity index (χ2n) is 3.67. The lowest BCUT2D eigenvalue weighted by Crippen LogP contribution is -1.84. The van der Waals surface area contributed by atoms with E-state index in [9.17, 15) is 0 Å². The summed E-state index contributed by atoms with van der Waals surface area (Å²) < 4.78 is 5.26. The van der Waals surface area contributed by atoms with Gasteiger partial charge in [-0.05, 0) is 19.1 Å². The van der Waals surface area contributed by atoms with Gasteiger partial charge in [-0.3, -0.25) is 0 Å². The van der Waals surface area contributed by atoms with Crippen molar-refractivity contribution in [3.8, 4) is 10.6 Å². The molecule has 2 aromatic rings. The summed E-state index contributed by atoms with van der Waals surface area (Å²) in [6.07, 6.45) is 5.70. The fraction of sp³-hybridized carbons (Fsp3) is 0.133. The highest BCUT2D eigenvalue weighted by atomic mass is 32.1. The standard InChI is InChI=1S/C15H15NOS/c1-3-17-12(2)9-10-14-11-16-15(18-14)13-7-5-4-6-8-13/h4-11H,2-3H2,1H3/b10-9+. The molecule has 18 heavy (non-hydrogen) atoms. The van der Waals surface area contributed by atoms with Crippen molar-refractivity contribution in [2.24, 2.45) is 0 Å². The summed E-state index contributed by atoms with van der Waals surface area (Å²) in [7, 11) is 0. The minimum Gasteiger partial charge on any atom is -0.495 e. The smallest absolute Gasteiger partial charge is 0.123 e. The summed E-state index contributed by atoms with van der Waals surface area (Å²) in [5.74, 6) is 0.673. The Balaban J connectivity index is 2.09. The number of aromatic nitrogens is 1. The minimum atomic E-state index is 0.640. The summed E-state index contributed by atoms with van der Waals surface area (Å²) in [6, 6.07) is 10.2. The van der Waals surface area contributed by atoms with E-state index in [1.54, 1.807) is 11.3 Å². The third-order valence-corrected chi connectivity index (χ3v) is 3.32. The molecule has 0 amide bonds. The van der Waals surface area contributed by atoms with Crippen molar-refractivity contribution in [3.05, 3.63) is 59.8 Å². The Morgan fingerprint density at radius 1 is 1.39 bits per heavy atom. The van der Waals surface area contributed by atoms with Gasteiger partial charge in [-0.2, -0.15) is 0 Å². The first-order valence-corrected chi connectivity index (χ1v) is 6.62. The molecule has 0 saturated carbocycles. The molecule has 1 aromatic carbocycles. The van der Waals surface area contributed by atoms with E-state index in [0.717, 1.165) is 15.4 Å². The van der Waals surface area contributed by atoms with E-state index in [2.05, 4.69) is 23.7 Å². The van der Waals surface area contributed by atoms with Crippen LogP contribution in [-0.4, -0.2) is 11.6 Å². The summed E-state index contributed by atoms with van der Waals surface area (Å²) >= 11 is 1.65. The van der Waals surface area contributed by atoms with Crippen LogP contribution in [-0.2, 0) is 4.74 Å². The van der Waals surface area contributed by atoms with Crippen LogP contribution in [0.4, 0.5) is 0 Å². The van der Waals surface area contributed by atoms with E-state index in [0.29, 0.717) is 12.4 Å². The molecule has 0 atom stereocenters. The quantitative estimate of drug-likeness (QED) is 0.586. The van der Waals surface area contributed by atoms with Crippen LogP contribution < -0.4 is 0 Å². The van der Waals surface area contributed by atoms with Crippen LogP contribution in [0.2, 0.25) is 0 Å². The molecular formula is C15H15NOS. The van der Waals surface area contributed by atoms with Crippen LogP contribution in [0.15, 0.2) is 54.9 Å². The van der Waals surface area contributed by atoms with Gasteiger partial charge in [0.15, 0.2) is 0 Å². The van der Waals surface area contributed by atoms with Crippen LogP contribution in [0, 0.1) is 0 Å². The van der Waals surface area contributed by atoms with Crippen molar-refractivity contribution >= 4 is 17.4 Å². The molecule has 0 unspecified atom stereocenters. The Kier molecular flexibility index (Phi) is 4.31. The number of allylic oxidation sites excluding steroid dienone is 1. The van der Waals surface area contributed by atoms with E-state index in [-0.39, 0.29) is 0 Å². The van der Waals surface area contributed by atoms with Crippen LogP contribution in [0.5, 0.6) is 0 Å². The molecule has 1 heterocycles. The highest BCUT2D eigenvalue weighted by Crippen LogP contribution is 2.25. The highest BCUT2D eigenvalue weighted by molar-refractivity contribution is 7.15. The Hall–Kier alpha value is -1.87. The number of rotatable bonds is 5. The van der Waals surface area contributed by atoms with Crippen molar-refractivity contribution in [1.82, 2.24) is 4.98 Å². The first-order valence-electron chi connectivity index (χ1n) is 5.80. The topological polar surface area (TPSA) is 22.1 Å². The van der Waals surface area contributed by atoms with E-state index >= 15 is 0 Å². The van der Waals surface area contributed by atoms with Gasteiger partial charge in [-0.15, -0.1) is 11.3 Å². The molecule has 0 spiro atoms. The minimum absolute atomic E-state index is 0.640. The molecule has 2 rings (SSSR count). The number of ether oxygens (including phenoxy) is 1. The van der Waals surface area contributed by atoms with E-state index < -0.39 is 0 Å². The summed E-state index contributed by atoms with van der Waals surface area (Å²) in [6.45, 7) is 6.38. The summed E-state index contributed by atoms with van der Waals surface area (Å²) in [5.41, 5.74) is 1.14. The normalized spacial score (nSPS) is 10.7. The van der Waals surface area contributed by atoms with Gasteiger partial charge in [0.05, 0.1) is 6.61 Å². The number of benzene rings is 1. The molecule has 0 N–H and O–H groups in total. The fourth-order valence-corrected chi connectivity index (χ4v) is 2.31. The zero-order valence-corrected chi connectivity index (χ0v) is 11.1. The second kappa shape index (κ2) is 6.17. The van der Waals surface area contributed by atoms with Crippen molar-refractivity contribution in [3.63, 3.8) is 0 Å². The molecule has 0 saturated heterocycles. The first-order chi connectivity index (χ1) is 8.79. The number of hydrogen-bond donors (Lipinski definition) is 0. The van der Waals surface area contributed by atoms with Crippen LogP contribution >= 0.6 is 11.3 Å². The fourth-order valence-electron chi connectivity index (χ4n) is 1.49. The van der Waals surface area contributed by atoms with Gasteiger partial charge < -0.3 is 4.74 Å². The van der Waals surface area contributed by atoms with Crippen molar-refractivity contribution < 1.29 is 4.74 Å². The second-order valence-corrected chi connectivity index (χ2v) is 4.73. The van der Waals surface area contributed by atoms with Gasteiger partial charge in [-0.1, -0.05) is 36.9 Å². The van der Waals surface area contributed by atoms with Gasteiger partial charge >= 0.3 is 0 Å². The molecule has 92 valence electrons. The maximum atomic E-state index is 5.26. The predicted molar refractivity (Wildman–Crippen MR) is 77.4 cm³/mol. The Morgan fingerprint density at radius 3 is 2.89 bits per heavy atom. The molecule has 3 heteroatoms. The lowest BCUT2D eigenvalue weighted by Gasteiger charge is -1.98. The molecular weight excluding hydrogens is 242 g/mol. The molecule has 0 fully saturated rings. The maximum Gasteiger partial charge on any atom is 0.123 e. The monoisotopic (exact) mass is 257 g/mol. The van der Waals surface area contributed by atoms with Gasteiger partial charge in [-0.25, -0.2) is 4.98 Å². The average Bonchev–Trinajstić information content (AvgIpc) is 2.87.